The summed E-state index contributed by atoms with van der Waals surface area (Å²) in [5.41, 5.74) is 1.89. The van der Waals surface area contributed by atoms with Crippen molar-refractivity contribution in [3.8, 4) is 68.6 Å². The number of benzene rings is 8. The van der Waals surface area contributed by atoms with Crippen LogP contribution in [0.15, 0.2) is 170 Å². The fourth-order valence-corrected chi connectivity index (χ4v) is 8.30. The van der Waals surface area contributed by atoms with E-state index >= 15 is 0 Å². The lowest BCUT2D eigenvalue weighted by Crippen LogP contribution is -2.43. The molecule has 14 nitrogen and oxygen atoms in total. The number of hydrogen-bond acceptors (Lipinski definition) is 14. The minimum atomic E-state index is -0.0552. The predicted octanol–water partition coefficient (Wildman–Crippen LogP) is 12.1. The molecule has 0 N–H and O–H groups in total. The summed E-state index contributed by atoms with van der Waals surface area (Å²) in [4.78, 5) is 0. The van der Waals surface area contributed by atoms with Crippen LogP contribution in [0.4, 0.5) is 0 Å². The lowest BCUT2D eigenvalue weighted by molar-refractivity contribution is -0.151. The van der Waals surface area contributed by atoms with E-state index in [9.17, 15) is 0 Å². The van der Waals surface area contributed by atoms with Crippen LogP contribution in [0.2, 0.25) is 0 Å². The van der Waals surface area contributed by atoms with E-state index in [4.69, 9.17) is 66.3 Å². The van der Waals surface area contributed by atoms with E-state index in [-0.39, 0.29) is 51.6 Å². The van der Waals surface area contributed by atoms with Gasteiger partial charge in [-0.25, -0.2) is 0 Å². The molecular weight excluding hydrogens is 945 g/mol. The van der Waals surface area contributed by atoms with Crippen LogP contribution in [0.25, 0.3) is 32.7 Å². The Labute approximate surface area is 429 Å². The van der Waals surface area contributed by atoms with Gasteiger partial charge in [0.1, 0.15) is 57.5 Å². The van der Waals surface area contributed by atoms with E-state index in [1.165, 1.54) is 0 Å². The third-order valence-electron chi connectivity index (χ3n) is 12.4. The van der Waals surface area contributed by atoms with Gasteiger partial charge in [-0.1, -0.05) is 74.5 Å². The van der Waals surface area contributed by atoms with Crippen LogP contribution in [-0.4, -0.2) is 80.4 Å². The molecule has 0 saturated carbocycles. The van der Waals surface area contributed by atoms with Crippen molar-refractivity contribution in [2.45, 2.75) is 13.8 Å². The first kappa shape index (κ1) is 49.7. The van der Waals surface area contributed by atoms with Crippen molar-refractivity contribution in [1.29, 1.82) is 0 Å². The second kappa shape index (κ2) is 23.8. The average molecular weight is 1000 g/mol. The molecule has 0 aromatic heterocycles. The van der Waals surface area contributed by atoms with Crippen molar-refractivity contribution in [3.63, 3.8) is 0 Å². The Morgan fingerprint density at radius 1 is 0.311 bits per heavy atom. The van der Waals surface area contributed by atoms with Gasteiger partial charge >= 0.3 is 0 Å². The summed E-state index contributed by atoms with van der Waals surface area (Å²) < 4.78 is 81.7. The Morgan fingerprint density at radius 2 is 0.581 bits per heavy atom. The van der Waals surface area contributed by atoms with Crippen LogP contribution in [0, 0.1) is 10.8 Å². The molecule has 0 amide bonds. The van der Waals surface area contributed by atoms with Crippen molar-refractivity contribution in [2.75, 3.05) is 80.4 Å². The molecule has 14 heteroatoms. The van der Waals surface area contributed by atoms with Gasteiger partial charge in [-0.05, 0) is 131 Å². The number of fused-ring (bicyclic) bond motifs is 2. The van der Waals surface area contributed by atoms with Crippen molar-refractivity contribution >= 4 is 21.5 Å². The number of hydrogen-bond donors (Lipinski definition) is 0. The molecule has 0 bridgehead atoms. The highest BCUT2D eigenvalue weighted by Gasteiger charge is 2.34. The van der Waals surface area contributed by atoms with Gasteiger partial charge in [0.2, 0.25) is 27.2 Å². The lowest BCUT2D eigenvalue weighted by atomic mass is 9.90. The molecule has 0 radical (unpaired) electrons. The Hall–Kier alpha value is -7.88. The largest absolute Gasteiger partial charge is 0.468 e. The van der Waals surface area contributed by atoms with Crippen LogP contribution in [0.3, 0.4) is 0 Å². The molecule has 382 valence electrons. The molecule has 0 atom stereocenters. The topological polar surface area (TPSA) is 129 Å². The molecule has 2 saturated heterocycles. The molecule has 2 aliphatic rings. The fourth-order valence-electron chi connectivity index (χ4n) is 8.30. The fraction of sp³-hybridized carbons (Fsp3) is 0.267. The van der Waals surface area contributed by atoms with E-state index in [1.807, 2.05) is 146 Å². The molecule has 2 heterocycles. The average Bonchev–Trinajstić information content (AvgIpc) is 3.42. The van der Waals surface area contributed by atoms with Gasteiger partial charge in [0, 0.05) is 22.0 Å². The summed E-state index contributed by atoms with van der Waals surface area (Å²) in [6.45, 7) is 8.59. The van der Waals surface area contributed by atoms with Crippen LogP contribution in [0.1, 0.15) is 13.8 Å². The molecule has 10 rings (SSSR count). The van der Waals surface area contributed by atoms with E-state index < -0.39 is 0 Å². The maximum atomic E-state index is 6.47. The first-order chi connectivity index (χ1) is 36.3. The first-order valence-corrected chi connectivity index (χ1v) is 24.4. The van der Waals surface area contributed by atoms with Crippen LogP contribution in [-0.2, 0) is 18.9 Å². The Bertz CT molecular complexity index is 2840. The van der Waals surface area contributed by atoms with E-state index in [1.54, 1.807) is 0 Å². The van der Waals surface area contributed by atoms with Gasteiger partial charge in [0.25, 0.3) is 0 Å². The van der Waals surface area contributed by atoms with E-state index in [0.717, 1.165) is 32.7 Å². The second-order valence-corrected chi connectivity index (χ2v) is 18.7. The summed E-state index contributed by atoms with van der Waals surface area (Å²) >= 11 is 0. The molecule has 74 heavy (non-hydrogen) atoms. The number of ether oxygens (including phenoxy) is 14. The summed E-state index contributed by atoms with van der Waals surface area (Å²) in [5, 5.41) is 4.08. The zero-order valence-corrected chi connectivity index (χ0v) is 41.4. The summed E-state index contributed by atoms with van der Waals surface area (Å²) in [6, 6.07) is 53.6. The van der Waals surface area contributed by atoms with Gasteiger partial charge in [0.15, 0.2) is 13.6 Å². The zero-order chi connectivity index (χ0) is 50.4. The highest BCUT2D eigenvalue weighted by Crippen LogP contribution is 2.46. The van der Waals surface area contributed by atoms with E-state index in [0.29, 0.717) is 97.1 Å². The predicted molar refractivity (Wildman–Crippen MR) is 278 cm³/mol. The second-order valence-electron chi connectivity index (χ2n) is 18.7. The van der Waals surface area contributed by atoms with Crippen molar-refractivity contribution < 1.29 is 66.3 Å². The molecule has 2 fully saturated rings. The quantitative estimate of drug-likeness (QED) is 0.0358. The minimum Gasteiger partial charge on any atom is -0.468 e. The SMILES string of the molecule is CC1(COCOc2ccc(OCOc3ccc(OCOc4ccc5ccccc5c4-c4c(OCOc5ccc(OCOc6ccc(OCOCC7(C)COC7)cc6)cc5)ccc5ccccc45)cc3)cc2)COC1. The maximum absolute atomic E-state index is 6.47. The first-order valence-electron chi connectivity index (χ1n) is 24.4. The Morgan fingerprint density at radius 3 is 0.865 bits per heavy atom. The highest BCUT2D eigenvalue weighted by molar-refractivity contribution is 6.09. The molecule has 2 aliphatic heterocycles. The monoisotopic (exact) mass is 1000 g/mol. The Kier molecular flexibility index (Phi) is 16.0. The van der Waals surface area contributed by atoms with Crippen LogP contribution >= 0.6 is 0 Å². The molecule has 0 unspecified atom stereocenters. The zero-order valence-electron chi connectivity index (χ0n) is 41.4. The lowest BCUT2D eigenvalue weighted by Gasteiger charge is -2.37. The third kappa shape index (κ3) is 13.0. The van der Waals surface area contributed by atoms with Gasteiger partial charge in [-0.2, -0.15) is 0 Å². The van der Waals surface area contributed by atoms with Crippen LogP contribution in [0.5, 0.6) is 57.5 Å². The van der Waals surface area contributed by atoms with Crippen molar-refractivity contribution in [3.05, 3.63) is 170 Å². The van der Waals surface area contributed by atoms with Crippen molar-refractivity contribution in [1.82, 2.24) is 0 Å². The van der Waals surface area contributed by atoms with Gasteiger partial charge < -0.3 is 66.3 Å². The standard InChI is InChI=1S/C60H58O14/c1-59(31-61-32-59)35-63-37-65-45-13-17-47(18-14-45)67-39-69-49-21-25-51(26-22-49)71-41-73-55-29-11-43-7-3-5-9-53(43)57(55)58-54-10-6-4-8-44(54)12-30-56(58)74-42-72-52-27-23-50(24-28-52)70-40-68-48-19-15-46(16-20-48)66-38-64-36-60(2)33-62-34-60/h3-30H,31-42H2,1-2H3. The van der Waals surface area contributed by atoms with Gasteiger partial charge in [0.05, 0.1) is 39.6 Å². The molecule has 0 aliphatic carbocycles. The van der Waals surface area contributed by atoms with Crippen LogP contribution < -0.4 is 47.4 Å². The molecular formula is C60H58O14. The van der Waals surface area contributed by atoms with Crippen molar-refractivity contribution in [2.24, 2.45) is 10.8 Å². The Balaban J connectivity index is 0.713. The maximum Gasteiger partial charge on any atom is 0.230 e. The summed E-state index contributed by atoms with van der Waals surface area (Å²) in [6.07, 6.45) is 0. The summed E-state index contributed by atoms with van der Waals surface area (Å²) in [7, 11) is 0. The summed E-state index contributed by atoms with van der Waals surface area (Å²) in [5.74, 6) is 6.37. The molecule has 8 aromatic rings. The normalized spacial score (nSPS) is 14.2. The highest BCUT2D eigenvalue weighted by atomic mass is 16.7. The molecule has 0 spiro atoms. The smallest absolute Gasteiger partial charge is 0.230 e. The third-order valence-corrected chi connectivity index (χ3v) is 12.4. The van der Waals surface area contributed by atoms with E-state index in [2.05, 4.69) is 38.1 Å². The minimum absolute atomic E-state index is 0.0202. The van der Waals surface area contributed by atoms with Gasteiger partial charge in [-0.15, -0.1) is 0 Å². The van der Waals surface area contributed by atoms with Gasteiger partial charge in [-0.3, -0.25) is 0 Å². The number of rotatable bonds is 27. The molecule has 8 aromatic carbocycles.